The van der Waals surface area contributed by atoms with E-state index in [2.05, 4.69) is 32.5 Å². The lowest BCUT2D eigenvalue weighted by Gasteiger charge is -2.10. The highest BCUT2D eigenvalue weighted by Gasteiger charge is 2.06. The van der Waals surface area contributed by atoms with Gasteiger partial charge in [-0.15, -0.1) is 35.3 Å². The van der Waals surface area contributed by atoms with Crippen LogP contribution in [0.25, 0.3) is 10.9 Å². The van der Waals surface area contributed by atoms with Crippen LogP contribution in [0.3, 0.4) is 0 Å². The number of guanidine groups is 1. The smallest absolute Gasteiger partial charge is 0.191 e. The number of nitrogens with zero attached hydrogens (tertiary/aromatic N) is 2. The van der Waals surface area contributed by atoms with Crippen LogP contribution in [0.1, 0.15) is 28.1 Å². The number of hydrogen-bond acceptors (Lipinski definition) is 3. The molecule has 3 N–H and O–H groups in total. The molecule has 0 bridgehead atoms. The lowest BCUT2D eigenvalue weighted by molar-refractivity contribution is 0.629. The van der Waals surface area contributed by atoms with Crippen molar-refractivity contribution in [2.45, 2.75) is 33.7 Å². The van der Waals surface area contributed by atoms with Gasteiger partial charge in [-0.1, -0.05) is 0 Å². The minimum atomic E-state index is -0.213. The summed E-state index contributed by atoms with van der Waals surface area (Å²) in [7, 11) is 0. The molecule has 0 spiro atoms. The van der Waals surface area contributed by atoms with E-state index in [0.29, 0.717) is 13.1 Å². The molecule has 2 aromatic heterocycles. The molecular formula is C19H25FIN5S. The SMILES string of the molecule is CCNC(=NCc1nc(C)c(C)s1)NCCc1c[nH]c2ccc(F)cc12.I. The van der Waals surface area contributed by atoms with Gasteiger partial charge in [0.25, 0.3) is 0 Å². The minimum Gasteiger partial charge on any atom is -0.361 e. The molecule has 0 radical (unpaired) electrons. The molecule has 0 saturated heterocycles. The molecule has 27 heavy (non-hydrogen) atoms. The first-order chi connectivity index (χ1) is 12.6. The molecule has 3 aromatic rings. The van der Waals surface area contributed by atoms with Crippen molar-refractivity contribution in [1.82, 2.24) is 20.6 Å². The number of fused-ring (bicyclic) bond motifs is 1. The van der Waals surface area contributed by atoms with Gasteiger partial charge < -0.3 is 15.6 Å². The van der Waals surface area contributed by atoms with E-state index < -0.39 is 0 Å². The number of H-pyrrole nitrogens is 1. The summed E-state index contributed by atoms with van der Waals surface area (Å²) in [5.74, 6) is 0.555. The number of aromatic nitrogens is 2. The average Bonchev–Trinajstić information content (AvgIpc) is 3.15. The molecule has 146 valence electrons. The van der Waals surface area contributed by atoms with Crippen LogP contribution in [0.4, 0.5) is 4.39 Å². The zero-order chi connectivity index (χ0) is 18.5. The Hall–Kier alpha value is -1.68. The zero-order valence-corrected chi connectivity index (χ0v) is 18.9. The second-order valence-corrected chi connectivity index (χ2v) is 7.41. The highest BCUT2D eigenvalue weighted by atomic mass is 127. The van der Waals surface area contributed by atoms with E-state index in [9.17, 15) is 4.39 Å². The molecule has 3 rings (SSSR count). The van der Waals surface area contributed by atoms with Crippen LogP contribution in [-0.4, -0.2) is 29.0 Å². The van der Waals surface area contributed by atoms with Gasteiger partial charge in [0.05, 0.1) is 12.2 Å². The molecule has 1 aromatic carbocycles. The Labute approximate surface area is 179 Å². The zero-order valence-electron chi connectivity index (χ0n) is 15.7. The van der Waals surface area contributed by atoms with Crippen LogP contribution in [-0.2, 0) is 13.0 Å². The first kappa shape index (κ1) is 21.6. The van der Waals surface area contributed by atoms with Gasteiger partial charge in [0.1, 0.15) is 10.8 Å². The van der Waals surface area contributed by atoms with Crippen molar-refractivity contribution in [3.05, 3.63) is 51.4 Å². The highest BCUT2D eigenvalue weighted by Crippen LogP contribution is 2.19. The fraction of sp³-hybridized carbons (Fsp3) is 0.368. The molecule has 0 atom stereocenters. The van der Waals surface area contributed by atoms with Crippen molar-refractivity contribution in [3.8, 4) is 0 Å². The predicted molar refractivity (Wildman–Crippen MR) is 122 cm³/mol. The van der Waals surface area contributed by atoms with Gasteiger partial charge in [-0.2, -0.15) is 0 Å². The number of aliphatic imine (C=N–C) groups is 1. The maximum absolute atomic E-state index is 13.5. The van der Waals surface area contributed by atoms with Gasteiger partial charge in [-0.25, -0.2) is 14.4 Å². The van der Waals surface area contributed by atoms with Gasteiger partial charge in [0, 0.05) is 35.1 Å². The quantitative estimate of drug-likeness (QED) is 0.268. The van der Waals surface area contributed by atoms with E-state index in [-0.39, 0.29) is 29.8 Å². The van der Waals surface area contributed by atoms with Crippen molar-refractivity contribution in [2.24, 2.45) is 4.99 Å². The van der Waals surface area contributed by atoms with Crippen molar-refractivity contribution in [2.75, 3.05) is 13.1 Å². The lowest BCUT2D eigenvalue weighted by atomic mass is 10.1. The van der Waals surface area contributed by atoms with Crippen LogP contribution < -0.4 is 10.6 Å². The van der Waals surface area contributed by atoms with Gasteiger partial charge in [0.15, 0.2) is 5.96 Å². The van der Waals surface area contributed by atoms with E-state index in [1.54, 1.807) is 23.5 Å². The largest absolute Gasteiger partial charge is 0.361 e. The average molecular weight is 501 g/mol. The first-order valence-corrected chi connectivity index (χ1v) is 9.59. The summed E-state index contributed by atoms with van der Waals surface area (Å²) in [4.78, 5) is 13.6. The Morgan fingerprint density at radius 3 is 2.81 bits per heavy atom. The van der Waals surface area contributed by atoms with E-state index >= 15 is 0 Å². The maximum Gasteiger partial charge on any atom is 0.191 e. The molecule has 8 heteroatoms. The monoisotopic (exact) mass is 501 g/mol. The summed E-state index contributed by atoms with van der Waals surface area (Å²) in [6.07, 6.45) is 2.72. The Kier molecular flexibility index (Phi) is 8.03. The maximum atomic E-state index is 13.5. The number of aromatic amines is 1. The molecule has 0 aliphatic heterocycles. The Balaban J connectivity index is 0.00000261. The Morgan fingerprint density at radius 1 is 1.30 bits per heavy atom. The molecule has 0 saturated carbocycles. The molecule has 5 nitrogen and oxygen atoms in total. The number of hydrogen-bond donors (Lipinski definition) is 3. The number of rotatable bonds is 6. The summed E-state index contributed by atoms with van der Waals surface area (Å²) >= 11 is 1.69. The molecule has 0 fully saturated rings. The number of nitrogens with one attached hydrogen (secondary N) is 3. The van der Waals surface area contributed by atoms with Gasteiger partial charge >= 0.3 is 0 Å². The van der Waals surface area contributed by atoms with E-state index in [0.717, 1.165) is 46.1 Å². The molecule has 2 heterocycles. The Bertz CT molecular complexity index is 899. The van der Waals surface area contributed by atoms with Crippen LogP contribution in [0, 0.1) is 19.7 Å². The van der Waals surface area contributed by atoms with Crippen LogP contribution in [0.15, 0.2) is 29.4 Å². The summed E-state index contributed by atoms with van der Waals surface area (Å²) in [5.41, 5.74) is 3.12. The number of aryl methyl sites for hydroxylation is 2. The van der Waals surface area contributed by atoms with Gasteiger partial charge in [-0.05, 0) is 51.0 Å². The van der Waals surface area contributed by atoms with E-state index in [1.807, 2.05) is 20.0 Å². The third kappa shape index (κ3) is 5.65. The van der Waals surface area contributed by atoms with Crippen LogP contribution in [0.2, 0.25) is 0 Å². The van der Waals surface area contributed by atoms with Crippen molar-refractivity contribution in [3.63, 3.8) is 0 Å². The first-order valence-electron chi connectivity index (χ1n) is 8.77. The van der Waals surface area contributed by atoms with E-state index in [1.165, 1.54) is 10.9 Å². The molecule has 0 aliphatic rings. The summed E-state index contributed by atoms with van der Waals surface area (Å²) in [6, 6.07) is 4.82. The molecule has 0 amide bonds. The molecular weight excluding hydrogens is 476 g/mol. The fourth-order valence-corrected chi connectivity index (χ4v) is 3.63. The van der Waals surface area contributed by atoms with Crippen LogP contribution in [0.5, 0.6) is 0 Å². The van der Waals surface area contributed by atoms with Crippen molar-refractivity contribution in [1.29, 1.82) is 0 Å². The highest BCUT2D eigenvalue weighted by molar-refractivity contribution is 14.0. The normalized spacial score (nSPS) is 11.5. The topological polar surface area (TPSA) is 65.1 Å². The summed E-state index contributed by atoms with van der Waals surface area (Å²) < 4.78 is 13.5. The number of thiazole rings is 1. The van der Waals surface area contributed by atoms with Gasteiger partial charge in [-0.3, -0.25) is 0 Å². The second kappa shape index (κ2) is 10.0. The van der Waals surface area contributed by atoms with Crippen molar-refractivity contribution >= 4 is 52.2 Å². The number of halogens is 2. The van der Waals surface area contributed by atoms with Gasteiger partial charge in [0.2, 0.25) is 0 Å². The fourth-order valence-electron chi connectivity index (χ4n) is 2.77. The summed E-state index contributed by atoms with van der Waals surface area (Å²) in [6.45, 7) is 8.20. The summed E-state index contributed by atoms with van der Waals surface area (Å²) in [5, 5.41) is 8.54. The predicted octanol–water partition coefficient (Wildman–Crippen LogP) is 4.30. The molecule has 0 aliphatic carbocycles. The van der Waals surface area contributed by atoms with Crippen molar-refractivity contribution < 1.29 is 4.39 Å². The minimum absolute atomic E-state index is 0. The van der Waals surface area contributed by atoms with Crippen LogP contribution >= 0.6 is 35.3 Å². The Morgan fingerprint density at radius 2 is 2.11 bits per heavy atom. The van der Waals surface area contributed by atoms with E-state index in [4.69, 9.17) is 0 Å². The lowest BCUT2D eigenvalue weighted by Crippen LogP contribution is -2.38. The standard InChI is InChI=1S/C19H24FN5S.HI/c1-4-21-19(24-11-18-25-12(2)13(3)26-18)22-8-7-14-10-23-17-6-5-15(20)9-16(14)17;/h5-6,9-10,23H,4,7-8,11H2,1-3H3,(H2,21,22,24);1H. The second-order valence-electron chi connectivity index (χ2n) is 6.12. The number of benzene rings is 1. The third-order valence-electron chi connectivity index (χ3n) is 4.21. The molecule has 0 unspecified atom stereocenters. The third-order valence-corrected chi connectivity index (χ3v) is 5.26.